The Morgan fingerprint density at radius 2 is 1.83 bits per heavy atom. The Morgan fingerprint density at radius 1 is 1.08 bits per heavy atom. The first-order valence-electron chi connectivity index (χ1n) is 9.55. The third kappa shape index (κ3) is 2.72. The molecule has 3 aliphatic heterocycles. The zero-order valence-electron chi connectivity index (χ0n) is 14.1. The van der Waals surface area contributed by atoms with Crippen LogP contribution in [0.5, 0.6) is 0 Å². The van der Waals surface area contributed by atoms with E-state index in [2.05, 4.69) is 9.24 Å². The second kappa shape index (κ2) is 5.64. The standard InChI is InChI=1S/C18H27O5P/c19-15(23-18(24)6-2-1-3-7-18)8-11-4-5-14-17(22-11)9-12(20-14)16-13(10-17)21-16/h11-14,16H,1-10,24H2/t11?,12-,13-,14+,16?,17-/m1/s1. The molecule has 0 N–H and O–H groups in total. The van der Waals surface area contributed by atoms with E-state index in [4.69, 9.17) is 18.9 Å². The van der Waals surface area contributed by atoms with E-state index in [1.54, 1.807) is 0 Å². The molecule has 0 aromatic carbocycles. The molecule has 134 valence electrons. The van der Waals surface area contributed by atoms with Gasteiger partial charge in [0.25, 0.3) is 0 Å². The van der Waals surface area contributed by atoms with Gasteiger partial charge in [0.15, 0.2) is 0 Å². The highest BCUT2D eigenvalue weighted by Gasteiger charge is 2.66. The minimum absolute atomic E-state index is 0.0383. The van der Waals surface area contributed by atoms with Crippen molar-refractivity contribution in [3.05, 3.63) is 0 Å². The summed E-state index contributed by atoms with van der Waals surface area (Å²) < 4.78 is 24.1. The van der Waals surface area contributed by atoms with Gasteiger partial charge in [0.2, 0.25) is 0 Å². The number of carbonyl (C=O) groups is 1. The molecule has 5 aliphatic rings. The molecule has 5 rings (SSSR count). The Hall–Kier alpha value is -0.220. The molecule has 6 heteroatoms. The fourth-order valence-corrected chi connectivity index (χ4v) is 5.87. The van der Waals surface area contributed by atoms with Crippen LogP contribution in [0.25, 0.3) is 0 Å². The monoisotopic (exact) mass is 354 g/mol. The number of epoxide rings is 1. The second-order valence-corrected chi connectivity index (χ2v) is 9.45. The van der Waals surface area contributed by atoms with Crippen molar-refractivity contribution in [1.29, 1.82) is 0 Å². The number of hydrogen-bond donors (Lipinski definition) is 0. The normalized spacial score (nSPS) is 48.3. The number of fused-ring (bicyclic) bond motifs is 3. The predicted octanol–water partition coefficient (Wildman–Crippen LogP) is 2.70. The van der Waals surface area contributed by atoms with Crippen molar-refractivity contribution in [3.63, 3.8) is 0 Å². The number of ether oxygens (including phenoxy) is 4. The maximum atomic E-state index is 12.4. The summed E-state index contributed by atoms with van der Waals surface area (Å²) in [6.45, 7) is 0. The van der Waals surface area contributed by atoms with Crippen LogP contribution in [0.3, 0.4) is 0 Å². The van der Waals surface area contributed by atoms with E-state index in [0.717, 1.165) is 51.4 Å². The van der Waals surface area contributed by atoms with E-state index in [-0.39, 0.29) is 35.2 Å². The van der Waals surface area contributed by atoms with E-state index in [9.17, 15) is 4.79 Å². The van der Waals surface area contributed by atoms with Crippen LogP contribution >= 0.6 is 9.24 Å². The molecule has 0 aromatic rings. The van der Waals surface area contributed by atoms with Gasteiger partial charge in [-0.05, 0) is 38.5 Å². The Kier molecular flexibility index (Phi) is 3.76. The Labute approximate surface area is 145 Å². The largest absolute Gasteiger partial charge is 0.455 e. The van der Waals surface area contributed by atoms with Crippen molar-refractivity contribution in [1.82, 2.24) is 0 Å². The molecule has 5 fully saturated rings. The van der Waals surface area contributed by atoms with Gasteiger partial charge in [0.1, 0.15) is 11.4 Å². The summed E-state index contributed by atoms with van der Waals surface area (Å²) in [6, 6.07) is 0. The highest BCUT2D eigenvalue weighted by molar-refractivity contribution is 7.18. The van der Waals surface area contributed by atoms with Gasteiger partial charge in [-0.3, -0.25) is 4.79 Å². The van der Waals surface area contributed by atoms with E-state index in [1.165, 1.54) is 6.42 Å². The van der Waals surface area contributed by atoms with Crippen molar-refractivity contribution in [2.24, 2.45) is 0 Å². The van der Waals surface area contributed by atoms with Crippen LogP contribution in [0.2, 0.25) is 0 Å². The van der Waals surface area contributed by atoms with Gasteiger partial charge in [-0.15, -0.1) is 0 Å². The molecule has 0 amide bonds. The quantitative estimate of drug-likeness (QED) is 0.443. The lowest BCUT2D eigenvalue weighted by atomic mass is 9.78. The van der Waals surface area contributed by atoms with Gasteiger partial charge in [0, 0.05) is 12.8 Å². The number of hydrogen-bond acceptors (Lipinski definition) is 5. The smallest absolute Gasteiger partial charge is 0.309 e. The molecule has 0 aromatic heterocycles. The third-order valence-corrected chi connectivity index (χ3v) is 7.27. The molecule has 3 heterocycles. The Morgan fingerprint density at radius 3 is 2.62 bits per heavy atom. The zero-order valence-corrected chi connectivity index (χ0v) is 15.2. The Bertz CT molecular complexity index is 530. The van der Waals surface area contributed by atoms with E-state index >= 15 is 0 Å². The molecule has 7 atom stereocenters. The lowest BCUT2D eigenvalue weighted by Crippen LogP contribution is -2.50. The summed E-state index contributed by atoms with van der Waals surface area (Å²) in [7, 11) is 2.78. The van der Waals surface area contributed by atoms with Crippen LogP contribution in [-0.4, -0.2) is 47.4 Å². The van der Waals surface area contributed by atoms with Crippen molar-refractivity contribution in [2.75, 3.05) is 0 Å². The molecule has 3 unspecified atom stereocenters. The maximum Gasteiger partial charge on any atom is 0.309 e. The third-order valence-electron chi connectivity index (χ3n) is 6.57. The summed E-state index contributed by atoms with van der Waals surface area (Å²) >= 11 is 0. The lowest BCUT2D eigenvalue weighted by molar-refractivity contribution is -0.183. The molecular weight excluding hydrogens is 327 g/mol. The average molecular weight is 354 g/mol. The van der Waals surface area contributed by atoms with Crippen LogP contribution < -0.4 is 0 Å². The van der Waals surface area contributed by atoms with Gasteiger partial charge in [-0.25, -0.2) is 0 Å². The van der Waals surface area contributed by atoms with Gasteiger partial charge < -0.3 is 18.9 Å². The molecule has 2 aliphatic carbocycles. The highest BCUT2D eigenvalue weighted by atomic mass is 31.0. The van der Waals surface area contributed by atoms with Gasteiger partial charge >= 0.3 is 5.97 Å². The first-order chi connectivity index (χ1) is 11.6. The van der Waals surface area contributed by atoms with Crippen LogP contribution in [0, 0.1) is 0 Å². The fourth-order valence-electron chi connectivity index (χ4n) is 5.33. The van der Waals surface area contributed by atoms with E-state index in [1.807, 2.05) is 0 Å². The first-order valence-corrected chi connectivity index (χ1v) is 10.1. The molecular formula is C18H27O5P. The van der Waals surface area contributed by atoms with Gasteiger partial charge in [0.05, 0.1) is 36.4 Å². The molecule has 5 nitrogen and oxygen atoms in total. The van der Waals surface area contributed by atoms with Crippen LogP contribution in [0.15, 0.2) is 0 Å². The van der Waals surface area contributed by atoms with Crippen LogP contribution in [-0.2, 0) is 23.7 Å². The molecule has 2 bridgehead atoms. The average Bonchev–Trinajstić information content (AvgIpc) is 3.22. The lowest BCUT2D eigenvalue weighted by Gasteiger charge is -2.42. The van der Waals surface area contributed by atoms with Crippen LogP contribution in [0.1, 0.15) is 64.2 Å². The van der Waals surface area contributed by atoms with Crippen molar-refractivity contribution in [3.8, 4) is 0 Å². The second-order valence-electron chi connectivity index (χ2n) is 8.40. The molecule has 0 radical (unpaired) electrons. The number of carbonyl (C=O) groups excluding carboxylic acids is 1. The van der Waals surface area contributed by atoms with Crippen molar-refractivity contribution >= 4 is 15.2 Å². The topological polar surface area (TPSA) is 57.3 Å². The van der Waals surface area contributed by atoms with Crippen LogP contribution in [0.4, 0.5) is 0 Å². The minimum atomic E-state index is -0.341. The van der Waals surface area contributed by atoms with Gasteiger partial charge in [-0.2, -0.15) is 0 Å². The fraction of sp³-hybridized carbons (Fsp3) is 0.944. The molecule has 3 saturated heterocycles. The Balaban J connectivity index is 1.20. The summed E-state index contributed by atoms with van der Waals surface area (Å²) in [6.07, 6.45) is 10.5. The van der Waals surface area contributed by atoms with E-state index < -0.39 is 0 Å². The minimum Gasteiger partial charge on any atom is -0.455 e. The predicted molar refractivity (Wildman–Crippen MR) is 89.6 cm³/mol. The summed E-state index contributed by atoms with van der Waals surface area (Å²) in [5.74, 6) is -0.112. The number of esters is 1. The summed E-state index contributed by atoms with van der Waals surface area (Å²) in [4.78, 5) is 12.4. The number of rotatable bonds is 3. The SMILES string of the molecule is O=C(CC1CC[C@@H]2O[C@@H]3C[C@]2(C[C@H]2OC23)O1)OC1(P)CCCCC1. The molecule has 24 heavy (non-hydrogen) atoms. The summed E-state index contributed by atoms with van der Waals surface area (Å²) in [5, 5.41) is -0.341. The highest BCUT2D eigenvalue weighted by Crippen LogP contribution is 2.55. The van der Waals surface area contributed by atoms with Gasteiger partial charge in [-0.1, -0.05) is 15.7 Å². The maximum absolute atomic E-state index is 12.4. The van der Waals surface area contributed by atoms with Crippen molar-refractivity contribution < 1.29 is 23.7 Å². The molecule has 1 spiro atoms. The van der Waals surface area contributed by atoms with Crippen molar-refractivity contribution in [2.45, 2.75) is 106 Å². The zero-order chi connectivity index (χ0) is 16.4. The van der Waals surface area contributed by atoms with E-state index in [0.29, 0.717) is 18.6 Å². The first kappa shape index (κ1) is 16.0. The summed E-state index contributed by atoms with van der Waals surface area (Å²) in [5.41, 5.74) is -0.213. The molecule has 2 saturated carbocycles.